The largest absolute Gasteiger partial charge is 0.326 e. The fourth-order valence-corrected chi connectivity index (χ4v) is 5.47. The average Bonchev–Trinajstić information content (AvgIpc) is 2.03. The maximum Gasteiger partial charge on any atom is 0.152 e. The van der Waals surface area contributed by atoms with Crippen LogP contribution in [0.1, 0.15) is 26.7 Å². The molecule has 0 aliphatic heterocycles. The average molecular weight is 185 g/mol. The summed E-state index contributed by atoms with van der Waals surface area (Å²) < 4.78 is 2.44. The molecule has 0 aromatic heterocycles. The van der Waals surface area contributed by atoms with Crippen molar-refractivity contribution >= 4 is 8.24 Å². The zero-order chi connectivity index (χ0) is 9.61. The first-order valence-electron chi connectivity index (χ1n) is 4.94. The summed E-state index contributed by atoms with van der Waals surface area (Å²) in [6, 6.07) is 2.72. The van der Waals surface area contributed by atoms with E-state index in [4.69, 9.17) is 0 Å². The van der Waals surface area contributed by atoms with E-state index in [2.05, 4.69) is 44.8 Å². The van der Waals surface area contributed by atoms with Crippen molar-refractivity contribution in [1.82, 2.24) is 4.57 Å². The van der Waals surface area contributed by atoms with Crippen LogP contribution in [0.2, 0.25) is 12.1 Å². The van der Waals surface area contributed by atoms with Crippen molar-refractivity contribution in [2.45, 2.75) is 38.8 Å². The van der Waals surface area contributed by atoms with Crippen LogP contribution >= 0.6 is 0 Å². The maximum absolute atomic E-state index is 4.01. The van der Waals surface area contributed by atoms with E-state index in [0.29, 0.717) is 0 Å². The van der Waals surface area contributed by atoms with Gasteiger partial charge in [0.25, 0.3) is 0 Å². The lowest BCUT2D eigenvalue weighted by Crippen LogP contribution is -2.47. The zero-order valence-corrected chi connectivity index (χ0v) is 10.1. The monoisotopic (exact) mass is 185 g/mol. The number of hydrogen-bond acceptors (Lipinski definition) is 1. The zero-order valence-electron chi connectivity index (χ0n) is 9.06. The molecule has 0 aromatic rings. The fourth-order valence-electron chi connectivity index (χ4n) is 1.82. The van der Waals surface area contributed by atoms with E-state index >= 15 is 0 Å². The van der Waals surface area contributed by atoms with Crippen LogP contribution in [-0.4, -0.2) is 26.9 Å². The van der Waals surface area contributed by atoms with Crippen molar-refractivity contribution in [3.63, 3.8) is 0 Å². The molecule has 0 rings (SSSR count). The molecule has 12 heavy (non-hydrogen) atoms. The summed E-state index contributed by atoms with van der Waals surface area (Å²) in [5.74, 6) is 0. The molecule has 0 aliphatic carbocycles. The van der Waals surface area contributed by atoms with Gasteiger partial charge in [-0.3, -0.25) is 0 Å². The van der Waals surface area contributed by atoms with Crippen LogP contribution in [0, 0.1) is 0 Å². The summed E-state index contributed by atoms with van der Waals surface area (Å²) in [6.07, 6.45) is 2.58. The lowest BCUT2D eigenvalue weighted by Gasteiger charge is -2.34. The third kappa shape index (κ3) is 2.76. The molecule has 0 fully saturated rings. The van der Waals surface area contributed by atoms with E-state index in [-0.39, 0.29) is 0 Å². The van der Waals surface area contributed by atoms with E-state index < -0.39 is 8.24 Å². The van der Waals surface area contributed by atoms with Gasteiger partial charge in [-0.25, -0.2) is 0 Å². The molecule has 0 aliphatic rings. The van der Waals surface area contributed by atoms with Gasteiger partial charge in [-0.1, -0.05) is 32.4 Å². The number of rotatable bonds is 6. The van der Waals surface area contributed by atoms with Gasteiger partial charge in [-0.15, -0.1) is 6.58 Å². The Morgan fingerprint density at radius 3 is 1.75 bits per heavy atom. The summed E-state index contributed by atoms with van der Waals surface area (Å²) >= 11 is 0. The first-order valence-corrected chi connectivity index (χ1v) is 7.38. The maximum atomic E-state index is 4.01. The van der Waals surface area contributed by atoms with Gasteiger partial charge in [-0.2, -0.15) is 0 Å². The molecule has 0 radical (unpaired) electrons. The first kappa shape index (κ1) is 11.9. The van der Waals surface area contributed by atoms with Crippen molar-refractivity contribution in [2.75, 3.05) is 14.1 Å². The summed E-state index contributed by atoms with van der Waals surface area (Å²) in [5.41, 5.74) is 2.25. The van der Waals surface area contributed by atoms with Crippen LogP contribution in [0.3, 0.4) is 0 Å². The van der Waals surface area contributed by atoms with Crippen LogP contribution in [-0.2, 0) is 0 Å². The smallest absolute Gasteiger partial charge is 0.152 e. The molecular weight excluding hydrogens is 162 g/mol. The van der Waals surface area contributed by atoms with Crippen molar-refractivity contribution in [3.05, 3.63) is 12.3 Å². The number of hydrogen-bond donors (Lipinski definition) is 0. The Balaban J connectivity index is 4.38. The molecule has 0 heterocycles. The third-order valence-electron chi connectivity index (χ3n) is 2.64. The Morgan fingerprint density at radius 2 is 1.58 bits per heavy atom. The molecule has 0 spiro atoms. The SMILES string of the molecule is C=C[Si](CCC)(CCC)N(C)C. The minimum absolute atomic E-state index is 1.25. The Morgan fingerprint density at radius 1 is 1.17 bits per heavy atom. The van der Waals surface area contributed by atoms with Gasteiger partial charge in [0.1, 0.15) is 0 Å². The number of nitrogens with zero attached hydrogens (tertiary/aromatic N) is 1. The minimum atomic E-state index is -1.25. The fraction of sp³-hybridized carbons (Fsp3) is 0.800. The van der Waals surface area contributed by atoms with Crippen molar-refractivity contribution in [2.24, 2.45) is 0 Å². The van der Waals surface area contributed by atoms with Crippen molar-refractivity contribution in [1.29, 1.82) is 0 Å². The van der Waals surface area contributed by atoms with Crippen molar-refractivity contribution in [3.8, 4) is 0 Å². The van der Waals surface area contributed by atoms with Gasteiger partial charge in [0.05, 0.1) is 0 Å². The lowest BCUT2D eigenvalue weighted by molar-refractivity contribution is 0.606. The summed E-state index contributed by atoms with van der Waals surface area (Å²) in [4.78, 5) is 0. The van der Waals surface area contributed by atoms with Crippen LogP contribution in [0.15, 0.2) is 12.3 Å². The van der Waals surface area contributed by atoms with Gasteiger partial charge >= 0.3 is 0 Å². The highest BCUT2D eigenvalue weighted by Crippen LogP contribution is 2.22. The topological polar surface area (TPSA) is 3.24 Å². The molecule has 0 amide bonds. The Hall–Kier alpha value is -0.0831. The molecule has 0 saturated carbocycles. The van der Waals surface area contributed by atoms with Gasteiger partial charge < -0.3 is 4.57 Å². The molecule has 0 saturated heterocycles. The van der Waals surface area contributed by atoms with E-state index in [9.17, 15) is 0 Å². The molecule has 0 atom stereocenters. The van der Waals surface area contributed by atoms with Crippen LogP contribution in [0.4, 0.5) is 0 Å². The quantitative estimate of drug-likeness (QED) is 0.575. The highest BCUT2D eigenvalue weighted by atomic mass is 28.3. The Labute approximate surface area is 78.6 Å². The van der Waals surface area contributed by atoms with Gasteiger partial charge in [0, 0.05) is 0 Å². The van der Waals surface area contributed by atoms with Gasteiger partial charge in [-0.05, 0) is 26.2 Å². The second kappa shape index (κ2) is 5.54. The standard InChI is InChI=1S/C10H23NSi/c1-6-9-12(8-3,10-7-2)11(4)5/h8H,3,6-7,9-10H2,1-2,4-5H3. The molecule has 72 valence electrons. The van der Waals surface area contributed by atoms with Gasteiger partial charge in [0.15, 0.2) is 8.24 Å². The van der Waals surface area contributed by atoms with Crippen molar-refractivity contribution < 1.29 is 0 Å². The van der Waals surface area contributed by atoms with E-state index in [1.54, 1.807) is 0 Å². The highest BCUT2D eigenvalue weighted by molar-refractivity contribution is 6.81. The predicted molar refractivity (Wildman–Crippen MR) is 59.8 cm³/mol. The third-order valence-corrected chi connectivity index (χ3v) is 7.91. The summed E-state index contributed by atoms with van der Waals surface area (Å²) in [7, 11) is 3.17. The van der Waals surface area contributed by atoms with E-state index in [0.717, 1.165) is 0 Å². The lowest BCUT2D eigenvalue weighted by atomic mass is 10.6. The Kier molecular flexibility index (Phi) is 5.50. The molecule has 1 nitrogen and oxygen atoms in total. The van der Waals surface area contributed by atoms with Crippen LogP contribution in [0.25, 0.3) is 0 Å². The van der Waals surface area contributed by atoms with Crippen LogP contribution in [0.5, 0.6) is 0 Å². The summed E-state index contributed by atoms with van der Waals surface area (Å²) in [6.45, 7) is 8.55. The summed E-state index contributed by atoms with van der Waals surface area (Å²) in [5, 5.41) is 0. The van der Waals surface area contributed by atoms with Gasteiger partial charge in [0.2, 0.25) is 0 Å². The molecule has 2 heteroatoms. The highest BCUT2D eigenvalue weighted by Gasteiger charge is 2.29. The Bertz CT molecular complexity index is 126. The second-order valence-electron chi connectivity index (χ2n) is 3.70. The van der Waals surface area contributed by atoms with E-state index in [1.807, 2.05) is 0 Å². The minimum Gasteiger partial charge on any atom is -0.326 e. The predicted octanol–water partition coefficient (Wildman–Crippen LogP) is 3.04. The molecule has 0 unspecified atom stereocenters. The normalized spacial score (nSPS) is 12.1. The molecule has 0 aromatic carbocycles. The van der Waals surface area contributed by atoms with Crippen LogP contribution < -0.4 is 0 Å². The molecule has 0 N–H and O–H groups in total. The second-order valence-corrected chi connectivity index (χ2v) is 8.21. The van der Waals surface area contributed by atoms with E-state index in [1.165, 1.54) is 24.9 Å². The molecule has 0 bridgehead atoms. The molecular formula is C10H23NSi. The first-order chi connectivity index (χ1) is 5.63.